The molecule has 0 aliphatic heterocycles. The number of nitrogens with zero attached hydrogens (tertiary/aromatic N) is 1. The highest BCUT2D eigenvalue weighted by molar-refractivity contribution is 7.47. The molecule has 1 amide bonds. The largest absolute Gasteiger partial charge is 0.472 e. The molecule has 0 rings (SSSR count). The van der Waals surface area contributed by atoms with Crippen molar-refractivity contribution in [3.05, 3.63) is 85.1 Å². The lowest BCUT2D eigenvalue weighted by molar-refractivity contribution is -0.870. The summed E-state index contributed by atoms with van der Waals surface area (Å²) >= 11 is 0. The molecule has 0 saturated carbocycles. The summed E-state index contributed by atoms with van der Waals surface area (Å²) < 4.78 is 23.6. The predicted octanol–water partition coefficient (Wildman–Crippen LogP) is 15.3. The Morgan fingerprint density at radius 1 is 0.547 bits per heavy atom. The van der Waals surface area contributed by atoms with Crippen LogP contribution in [0.15, 0.2) is 85.1 Å². The van der Waals surface area contributed by atoms with Gasteiger partial charge in [-0.05, 0) is 77.0 Å². The number of allylic oxidation sites excluding steroid dienone is 13. The van der Waals surface area contributed by atoms with Crippen molar-refractivity contribution in [3.63, 3.8) is 0 Å². The van der Waals surface area contributed by atoms with Gasteiger partial charge in [-0.15, -0.1) is 0 Å². The van der Waals surface area contributed by atoms with Gasteiger partial charge in [0.05, 0.1) is 39.9 Å². The van der Waals surface area contributed by atoms with Crippen LogP contribution in [0.2, 0.25) is 0 Å². The number of aliphatic hydroxyl groups excluding tert-OH is 1. The van der Waals surface area contributed by atoms with Crippen LogP contribution in [0.3, 0.4) is 0 Å². The summed E-state index contributed by atoms with van der Waals surface area (Å²) in [6.45, 7) is 4.67. The number of hydrogen-bond acceptors (Lipinski definition) is 5. The number of unbranched alkanes of at least 4 members (excludes halogenated alkanes) is 21. The Balaban J connectivity index is 4.28. The maximum absolute atomic E-state index is 12.9. The van der Waals surface area contributed by atoms with Gasteiger partial charge in [0, 0.05) is 6.42 Å². The zero-order valence-corrected chi connectivity index (χ0v) is 42.9. The Morgan fingerprint density at radius 3 is 1.44 bits per heavy atom. The van der Waals surface area contributed by atoms with Crippen molar-refractivity contribution in [2.45, 2.75) is 219 Å². The lowest BCUT2D eigenvalue weighted by Gasteiger charge is -2.25. The molecule has 0 saturated heterocycles. The molecule has 3 unspecified atom stereocenters. The van der Waals surface area contributed by atoms with Gasteiger partial charge in [0.15, 0.2) is 0 Å². The zero-order valence-electron chi connectivity index (χ0n) is 42.0. The normalized spacial score (nSPS) is 14.8. The second kappa shape index (κ2) is 45.8. The number of carbonyl (C=O) groups is 1. The Bertz CT molecular complexity index is 1310. The standard InChI is InChI=1S/C55H99N2O6P/c1-6-8-10-12-14-16-18-20-22-23-24-25-26-27-28-29-30-31-32-33-35-37-39-41-43-45-47-49-55(59)56-53(52-63-64(60,61)62-51-50-57(3,4)5)54(58)48-46-44-42-40-38-36-34-21-19-17-15-13-11-9-7-2/h8,10,14,16,20,22,24-25,27-28,38,40,46,48,53-54,58H,6-7,9,11-13,15,17-19,21,23,26,29-37,39,41-45,47,49-52H2,1-5H3,(H-,56,59,60,61)/p+1/b10-8-,16-14-,22-20-,25-24-,28-27-,40-38+,48-46+. The van der Waals surface area contributed by atoms with Crippen LogP contribution in [0.1, 0.15) is 206 Å². The monoisotopic (exact) mass is 916 g/mol. The molecule has 370 valence electrons. The fourth-order valence-corrected chi connectivity index (χ4v) is 7.76. The molecule has 3 N–H and O–H groups in total. The average Bonchev–Trinajstić information content (AvgIpc) is 3.25. The molecule has 64 heavy (non-hydrogen) atoms. The molecule has 0 aliphatic carbocycles. The van der Waals surface area contributed by atoms with Crippen molar-refractivity contribution in [1.29, 1.82) is 0 Å². The third-order valence-electron chi connectivity index (χ3n) is 11.1. The number of quaternary nitrogens is 1. The number of likely N-dealkylation sites (N-methyl/N-ethyl adjacent to an activating group) is 1. The van der Waals surface area contributed by atoms with Crippen LogP contribution in [0.5, 0.6) is 0 Å². The number of aliphatic hydroxyl groups is 1. The third kappa shape index (κ3) is 47.6. The van der Waals surface area contributed by atoms with Gasteiger partial charge in [0.25, 0.3) is 0 Å². The lowest BCUT2D eigenvalue weighted by Crippen LogP contribution is -2.45. The summed E-state index contributed by atoms with van der Waals surface area (Å²) in [4.78, 5) is 23.2. The van der Waals surface area contributed by atoms with E-state index in [1.165, 1.54) is 116 Å². The summed E-state index contributed by atoms with van der Waals surface area (Å²) in [6.07, 6.45) is 63.8. The molecule has 0 aromatic carbocycles. The topological polar surface area (TPSA) is 105 Å². The molecule has 3 atom stereocenters. The summed E-state index contributed by atoms with van der Waals surface area (Å²) in [5.74, 6) is -0.194. The number of phosphoric acid groups is 1. The first kappa shape index (κ1) is 61.7. The fraction of sp³-hybridized carbons (Fsp3) is 0.727. The van der Waals surface area contributed by atoms with E-state index in [0.717, 1.165) is 70.6 Å². The molecule has 0 aromatic rings. The molecule has 8 nitrogen and oxygen atoms in total. The van der Waals surface area contributed by atoms with Crippen molar-refractivity contribution in [2.24, 2.45) is 0 Å². The van der Waals surface area contributed by atoms with Gasteiger partial charge in [0.2, 0.25) is 5.91 Å². The van der Waals surface area contributed by atoms with Gasteiger partial charge >= 0.3 is 7.82 Å². The molecule has 0 bridgehead atoms. The van der Waals surface area contributed by atoms with Gasteiger partial charge < -0.3 is 19.8 Å². The zero-order chi connectivity index (χ0) is 47.1. The maximum atomic E-state index is 12.9. The Kier molecular flexibility index (Phi) is 44.2. The third-order valence-corrected chi connectivity index (χ3v) is 12.1. The molecular formula is C55H100N2O6P+. The van der Waals surface area contributed by atoms with Crippen molar-refractivity contribution < 1.29 is 32.9 Å². The van der Waals surface area contributed by atoms with Gasteiger partial charge in [0.1, 0.15) is 13.2 Å². The van der Waals surface area contributed by atoms with E-state index in [-0.39, 0.29) is 19.1 Å². The van der Waals surface area contributed by atoms with Crippen LogP contribution >= 0.6 is 7.82 Å². The minimum absolute atomic E-state index is 0.0520. The highest BCUT2D eigenvalue weighted by atomic mass is 31.2. The van der Waals surface area contributed by atoms with E-state index >= 15 is 0 Å². The molecular weight excluding hydrogens is 816 g/mol. The van der Waals surface area contributed by atoms with E-state index in [1.54, 1.807) is 6.08 Å². The van der Waals surface area contributed by atoms with Crippen molar-refractivity contribution >= 4 is 13.7 Å². The number of rotatable bonds is 46. The SMILES string of the molecule is CC/C=C\C/C=C\C/C=C\C/C=C\C/C=C\CCCCCCCCCCCCCC(=O)NC(COP(=O)(O)OCC[N+](C)(C)C)C(O)/C=C/CC/C=C/CCCCCCCCCCC. The minimum Gasteiger partial charge on any atom is -0.387 e. The van der Waals surface area contributed by atoms with Crippen LogP contribution in [-0.2, 0) is 18.4 Å². The van der Waals surface area contributed by atoms with Crippen LogP contribution in [0, 0.1) is 0 Å². The average molecular weight is 916 g/mol. The van der Waals surface area contributed by atoms with E-state index in [4.69, 9.17) is 9.05 Å². The molecule has 9 heteroatoms. The van der Waals surface area contributed by atoms with E-state index < -0.39 is 20.0 Å². The van der Waals surface area contributed by atoms with Gasteiger partial charge in [-0.1, -0.05) is 208 Å². The highest BCUT2D eigenvalue weighted by Gasteiger charge is 2.27. The van der Waals surface area contributed by atoms with Crippen molar-refractivity contribution in [3.8, 4) is 0 Å². The first-order chi connectivity index (χ1) is 31.0. The molecule has 0 aliphatic rings. The van der Waals surface area contributed by atoms with Gasteiger partial charge in [-0.3, -0.25) is 13.8 Å². The van der Waals surface area contributed by atoms with Gasteiger partial charge in [-0.2, -0.15) is 0 Å². The second-order valence-electron chi connectivity index (χ2n) is 18.5. The highest BCUT2D eigenvalue weighted by Crippen LogP contribution is 2.43. The van der Waals surface area contributed by atoms with Gasteiger partial charge in [-0.25, -0.2) is 4.57 Å². The fourth-order valence-electron chi connectivity index (χ4n) is 7.02. The summed E-state index contributed by atoms with van der Waals surface area (Å²) in [5.41, 5.74) is 0. The van der Waals surface area contributed by atoms with E-state index in [9.17, 15) is 19.4 Å². The number of carbonyl (C=O) groups excluding carboxylic acids is 1. The quantitative estimate of drug-likeness (QED) is 0.0243. The summed E-state index contributed by atoms with van der Waals surface area (Å²) in [6, 6.07) is -0.869. The number of hydrogen-bond donors (Lipinski definition) is 3. The minimum atomic E-state index is -4.35. The molecule has 0 aromatic heterocycles. The maximum Gasteiger partial charge on any atom is 0.472 e. The van der Waals surface area contributed by atoms with Crippen molar-refractivity contribution in [1.82, 2.24) is 5.32 Å². The van der Waals surface area contributed by atoms with Crippen molar-refractivity contribution in [2.75, 3.05) is 40.9 Å². The Morgan fingerprint density at radius 2 is 0.953 bits per heavy atom. The number of nitrogens with one attached hydrogen (secondary N) is 1. The molecule has 0 radical (unpaired) electrons. The smallest absolute Gasteiger partial charge is 0.387 e. The van der Waals surface area contributed by atoms with E-state index in [1.807, 2.05) is 27.2 Å². The Hall–Kier alpha value is -2.32. The molecule has 0 heterocycles. The Labute approximate surface area is 395 Å². The van der Waals surface area contributed by atoms with Crippen LogP contribution in [-0.4, -0.2) is 73.4 Å². The van der Waals surface area contributed by atoms with Crippen LogP contribution < -0.4 is 5.32 Å². The lowest BCUT2D eigenvalue weighted by atomic mass is 10.0. The first-order valence-electron chi connectivity index (χ1n) is 26.0. The molecule has 0 fully saturated rings. The van der Waals surface area contributed by atoms with E-state index in [2.05, 4.69) is 92.1 Å². The second-order valence-corrected chi connectivity index (χ2v) is 20.0. The number of amides is 1. The van der Waals surface area contributed by atoms with E-state index in [0.29, 0.717) is 17.4 Å². The summed E-state index contributed by atoms with van der Waals surface area (Å²) in [5, 5.41) is 13.9. The first-order valence-corrected chi connectivity index (χ1v) is 27.5. The summed E-state index contributed by atoms with van der Waals surface area (Å²) in [7, 11) is 1.54. The van der Waals surface area contributed by atoms with Crippen LogP contribution in [0.4, 0.5) is 0 Å². The number of phosphoric ester groups is 1. The van der Waals surface area contributed by atoms with Crippen LogP contribution in [0.25, 0.3) is 0 Å². The molecule has 0 spiro atoms. The predicted molar refractivity (Wildman–Crippen MR) is 276 cm³/mol.